The minimum atomic E-state index is -0.635. The molecule has 3 aromatic heterocycles. The number of hydrogen-bond acceptors (Lipinski definition) is 8. The molecule has 1 fully saturated rings. The fraction of sp³-hybridized carbons (Fsp3) is 0.355. The van der Waals surface area contributed by atoms with Gasteiger partial charge in [-0.25, -0.2) is 28.7 Å². The van der Waals surface area contributed by atoms with Crippen LogP contribution in [0.4, 0.5) is 16.0 Å². The SMILES string of the molecule is C=CC(=O)N1CCN(c2nc(=O)n(-c3c(N)nc(CCC)nc3CCC)c3nc(-c4ccccc4F)c(Cl)cc23)[C@@H](C)C1. The van der Waals surface area contributed by atoms with Gasteiger partial charge in [-0.1, -0.05) is 50.6 Å². The molecule has 0 aliphatic carbocycles. The molecular formula is C31H34ClFN8O2. The summed E-state index contributed by atoms with van der Waals surface area (Å²) >= 11 is 6.77. The topological polar surface area (TPSA) is 123 Å². The maximum absolute atomic E-state index is 15.0. The van der Waals surface area contributed by atoms with E-state index in [9.17, 15) is 14.0 Å². The van der Waals surface area contributed by atoms with Crippen LogP contribution in [-0.2, 0) is 17.6 Å². The number of nitrogen functional groups attached to an aromatic ring is 1. The summed E-state index contributed by atoms with van der Waals surface area (Å²) in [6, 6.07) is 7.64. The highest BCUT2D eigenvalue weighted by atomic mass is 35.5. The van der Waals surface area contributed by atoms with Gasteiger partial charge in [0.2, 0.25) is 5.91 Å². The van der Waals surface area contributed by atoms with Gasteiger partial charge in [0.1, 0.15) is 23.1 Å². The predicted octanol–water partition coefficient (Wildman–Crippen LogP) is 4.74. The summed E-state index contributed by atoms with van der Waals surface area (Å²) in [7, 11) is 0. The average Bonchev–Trinajstić information content (AvgIpc) is 2.98. The average molecular weight is 605 g/mol. The smallest absolute Gasteiger partial charge is 0.356 e. The lowest BCUT2D eigenvalue weighted by Gasteiger charge is -2.40. The van der Waals surface area contributed by atoms with E-state index in [4.69, 9.17) is 27.3 Å². The monoisotopic (exact) mass is 604 g/mol. The summed E-state index contributed by atoms with van der Waals surface area (Å²) in [6.45, 7) is 10.8. The van der Waals surface area contributed by atoms with E-state index < -0.39 is 11.5 Å². The summed E-state index contributed by atoms with van der Waals surface area (Å²) < 4.78 is 16.3. The number of carbonyl (C=O) groups is 1. The fourth-order valence-corrected chi connectivity index (χ4v) is 5.79. The number of pyridine rings is 1. The number of fused-ring (bicyclic) bond motifs is 1. The molecule has 1 atom stereocenters. The number of anilines is 2. The molecule has 5 rings (SSSR count). The van der Waals surface area contributed by atoms with Crippen LogP contribution in [0.2, 0.25) is 5.02 Å². The Kier molecular flexibility index (Phi) is 8.72. The Morgan fingerprint density at radius 3 is 2.56 bits per heavy atom. The molecule has 2 N–H and O–H groups in total. The molecule has 1 aliphatic rings. The highest BCUT2D eigenvalue weighted by Gasteiger charge is 2.30. The molecule has 0 radical (unpaired) electrons. The predicted molar refractivity (Wildman–Crippen MR) is 167 cm³/mol. The Morgan fingerprint density at radius 2 is 1.88 bits per heavy atom. The number of nitrogens with zero attached hydrogens (tertiary/aromatic N) is 7. The van der Waals surface area contributed by atoms with E-state index in [2.05, 4.69) is 16.5 Å². The maximum Gasteiger partial charge on any atom is 0.356 e. The number of halogens is 2. The highest BCUT2D eigenvalue weighted by molar-refractivity contribution is 6.33. The minimum absolute atomic E-state index is 0.133. The second kappa shape index (κ2) is 12.5. The first kappa shape index (κ1) is 30.1. The summed E-state index contributed by atoms with van der Waals surface area (Å²) in [5.74, 6) is 0.425. The number of hydrogen-bond donors (Lipinski definition) is 1. The molecule has 43 heavy (non-hydrogen) atoms. The molecule has 10 nitrogen and oxygen atoms in total. The van der Waals surface area contributed by atoms with E-state index in [1.807, 2.05) is 25.7 Å². The summed E-state index contributed by atoms with van der Waals surface area (Å²) in [6.07, 6.45) is 4.05. The molecule has 0 unspecified atom stereocenters. The van der Waals surface area contributed by atoms with Gasteiger partial charge in [-0.15, -0.1) is 0 Å². The van der Waals surface area contributed by atoms with Crippen molar-refractivity contribution in [1.29, 1.82) is 0 Å². The Labute approximate surface area is 254 Å². The normalized spacial score (nSPS) is 15.2. The van der Waals surface area contributed by atoms with E-state index in [1.54, 1.807) is 29.2 Å². The van der Waals surface area contributed by atoms with Gasteiger partial charge in [-0.05, 0) is 44.0 Å². The summed E-state index contributed by atoms with van der Waals surface area (Å²) in [5.41, 5.74) is 7.36. The van der Waals surface area contributed by atoms with Crippen molar-refractivity contribution in [1.82, 2.24) is 29.4 Å². The van der Waals surface area contributed by atoms with Gasteiger partial charge in [-0.3, -0.25) is 4.79 Å². The van der Waals surface area contributed by atoms with Crippen molar-refractivity contribution in [2.45, 2.75) is 52.5 Å². The number of aromatic nitrogens is 5. The van der Waals surface area contributed by atoms with Gasteiger partial charge >= 0.3 is 5.69 Å². The van der Waals surface area contributed by atoms with Crippen LogP contribution in [0.15, 0.2) is 47.8 Å². The second-order valence-corrected chi connectivity index (χ2v) is 11.0. The third-order valence-electron chi connectivity index (χ3n) is 7.53. The van der Waals surface area contributed by atoms with Crippen LogP contribution in [-0.4, -0.2) is 61.0 Å². The number of rotatable bonds is 8. The lowest BCUT2D eigenvalue weighted by atomic mass is 10.1. The second-order valence-electron chi connectivity index (χ2n) is 10.6. The van der Waals surface area contributed by atoms with Crippen molar-refractivity contribution in [3.63, 3.8) is 0 Å². The molecule has 1 saturated heterocycles. The molecule has 224 valence electrons. The van der Waals surface area contributed by atoms with E-state index in [-0.39, 0.29) is 39.7 Å². The number of piperazine rings is 1. The molecule has 1 amide bonds. The van der Waals surface area contributed by atoms with Crippen LogP contribution in [0.5, 0.6) is 0 Å². The summed E-state index contributed by atoms with van der Waals surface area (Å²) in [5, 5.41) is 0.662. The van der Waals surface area contributed by atoms with Gasteiger partial charge in [0, 0.05) is 37.7 Å². The lowest BCUT2D eigenvalue weighted by molar-refractivity contribution is -0.126. The van der Waals surface area contributed by atoms with Crippen LogP contribution in [0.1, 0.15) is 45.1 Å². The first-order valence-electron chi connectivity index (χ1n) is 14.4. The van der Waals surface area contributed by atoms with Crippen molar-refractivity contribution >= 4 is 40.2 Å². The Hall–Kier alpha value is -4.38. The van der Waals surface area contributed by atoms with Gasteiger partial charge in [-0.2, -0.15) is 4.98 Å². The number of amides is 1. The first-order chi connectivity index (χ1) is 20.7. The summed E-state index contributed by atoms with van der Waals surface area (Å²) in [4.78, 5) is 48.6. The number of carbonyl (C=O) groups excluding carboxylic acids is 1. The molecule has 4 heterocycles. The van der Waals surface area contributed by atoms with Crippen LogP contribution < -0.4 is 16.3 Å². The molecule has 0 saturated carbocycles. The van der Waals surface area contributed by atoms with Crippen molar-refractivity contribution in [2.24, 2.45) is 0 Å². The zero-order valence-electron chi connectivity index (χ0n) is 24.5. The quantitative estimate of drug-likeness (QED) is 0.286. The van der Waals surface area contributed by atoms with E-state index in [1.165, 1.54) is 16.7 Å². The minimum Gasteiger partial charge on any atom is -0.382 e. The van der Waals surface area contributed by atoms with Crippen LogP contribution >= 0.6 is 11.6 Å². The Morgan fingerprint density at radius 1 is 1.14 bits per heavy atom. The molecule has 1 aliphatic heterocycles. The largest absolute Gasteiger partial charge is 0.382 e. The van der Waals surface area contributed by atoms with Gasteiger partial charge < -0.3 is 15.5 Å². The molecule has 4 aromatic rings. The van der Waals surface area contributed by atoms with Crippen molar-refractivity contribution in [2.75, 3.05) is 30.3 Å². The van der Waals surface area contributed by atoms with Crippen molar-refractivity contribution < 1.29 is 9.18 Å². The van der Waals surface area contributed by atoms with Crippen LogP contribution in [0.25, 0.3) is 28.0 Å². The molecule has 0 spiro atoms. The number of benzene rings is 1. The zero-order chi connectivity index (χ0) is 30.8. The standard InChI is InChI=1S/C31H34ClFN8O2/c1-5-10-23-27(28(34)36-24(35-23)11-6-2)41-30-20(16-21(32)26(37-30)19-12-8-9-13-22(19)33)29(38-31(41)43)40-15-14-39(17-18(40)4)25(42)7-3/h7-9,12-13,16,18H,3,5-6,10-11,14-15,17H2,1-2,4H3,(H2,34,35,36)/t18-/m0/s1. The molecule has 12 heteroatoms. The molecule has 1 aromatic carbocycles. The van der Waals surface area contributed by atoms with E-state index >= 15 is 0 Å². The number of nitrogens with two attached hydrogens (primary N) is 1. The van der Waals surface area contributed by atoms with E-state index in [0.29, 0.717) is 60.9 Å². The third-order valence-corrected chi connectivity index (χ3v) is 7.82. The van der Waals surface area contributed by atoms with Gasteiger partial charge in [0.05, 0.1) is 21.8 Å². The van der Waals surface area contributed by atoms with E-state index in [0.717, 1.165) is 12.8 Å². The fourth-order valence-electron chi connectivity index (χ4n) is 5.53. The molecule has 0 bridgehead atoms. The Balaban J connectivity index is 1.80. The zero-order valence-corrected chi connectivity index (χ0v) is 25.2. The van der Waals surface area contributed by atoms with Gasteiger partial charge in [0.15, 0.2) is 11.5 Å². The lowest BCUT2D eigenvalue weighted by Crippen LogP contribution is -2.54. The van der Waals surface area contributed by atoms with Crippen molar-refractivity contribution in [3.8, 4) is 16.9 Å². The van der Waals surface area contributed by atoms with Gasteiger partial charge in [0.25, 0.3) is 0 Å². The highest BCUT2D eigenvalue weighted by Crippen LogP contribution is 2.36. The maximum atomic E-state index is 15.0. The number of aryl methyl sites for hydroxylation is 2. The van der Waals surface area contributed by atoms with Crippen LogP contribution in [0, 0.1) is 5.82 Å². The first-order valence-corrected chi connectivity index (χ1v) is 14.8. The molecular weight excluding hydrogens is 571 g/mol. The third kappa shape index (κ3) is 5.69. The van der Waals surface area contributed by atoms with Crippen LogP contribution in [0.3, 0.4) is 0 Å². The van der Waals surface area contributed by atoms with Crippen molar-refractivity contribution in [3.05, 3.63) is 75.8 Å². The Bertz CT molecular complexity index is 1780.